The zero-order valence-electron chi connectivity index (χ0n) is 18.0. The van der Waals surface area contributed by atoms with Crippen LogP contribution in [-0.4, -0.2) is 42.7 Å². The molecule has 11 heteroatoms. The highest BCUT2D eigenvalue weighted by atomic mass is 19.1. The fraction of sp³-hybridized carbons (Fsp3) is 0.174. The lowest BCUT2D eigenvalue weighted by Gasteiger charge is -2.06. The Morgan fingerprint density at radius 1 is 1.21 bits per heavy atom. The number of halogens is 1. The molecule has 0 bridgehead atoms. The van der Waals surface area contributed by atoms with Crippen molar-refractivity contribution in [1.82, 2.24) is 25.1 Å². The minimum absolute atomic E-state index is 0.0506. The van der Waals surface area contributed by atoms with Crippen molar-refractivity contribution in [2.75, 3.05) is 0 Å². The summed E-state index contributed by atoms with van der Waals surface area (Å²) < 4.78 is 20.1. The molecule has 4 aromatic rings. The molecule has 0 atom stereocenters. The Kier molecular flexibility index (Phi) is 6.35. The average Bonchev–Trinajstić information content (AvgIpc) is 3.39. The summed E-state index contributed by atoms with van der Waals surface area (Å²) in [6.45, 7) is 1.58. The molecule has 3 N–H and O–H groups in total. The molecule has 0 saturated heterocycles. The van der Waals surface area contributed by atoms with Crippen molar-refractivity contribution >= 4 is 28.9 Å². The predicted octanol–water partition coefficient (Wildman–Crippen LogP) is 2.78. The molecular formula is C23H20FN5O5. The van der Waals surface area contributed by atoms with Crippen LogP contribution in [-0.2, 0) is 27.6 Å². The van der Waals surface area contributed by atoms with Crippen LogP contribution >= 0.6 is 0 Å². The number of carbonyl (C=O) groups is 3. The van der Waals surface area contributed by atoms with E-state index in [0.717, 1.165) is 0 Å². The fourth-order valence-electron chi connectivity index (χ4n) is 3.33. The SMILES string of the molecule is Cc1c(-c2ccc3cc(C(=O)NCc4ccccc4F)[nH]c3n2)cnn1COC(=O)CC(=O)O. The summed E-state index contributed by atoms with van der Waals surface area (Å²) >= 11 is 0. The standard InChI is InChI=1S/C23H20FN5O5/c1-13-16(11-26-29(13)12-34-21(32)9-20(30)31)18-7-6-14-8-19(28-22(14)27-18)23(33)25-10-15-4-2-3-5-17(15)24/h2-8,11H,9-10,12H2,1H3,(H,25,33)(H,27,28)(H,30,31). The second-order valence-corrected chi connectivity index (χ2v) is 7.45. The molecule has 3 aromatic heterocycles. The molecule has 0 radical (unpaired) electrons. The van der Waals surface area contributed by atoms with Gasteiger partial charge in [0.1, 0.15) is 23.6 Å². The number of carbonyl (C=O) groups excluding carboxylic acids is 2. The second-order valence-electron chi connectivity index (χ2n) is 7.45. The lowest BCUT2D eigenvalue weighted by Crippen LogP contribution is -2.23. The second kappa shape index (κ2) is 9.53. The number of aromatic nitrogens is 4. The fourth-order valence-corrected chi connectivity index (χ4v) is 3.33. The van der Waals surface area contributed by atoms with Crippen molar-refractivity contribution in [1.29, 1.82) is 0 Å². The lowest BCUT2D eigenvalue weighted by atomic mass is 10.1. The number of ether oxygens (including phenoxy) is 1. The molecule has 34 heavy (non-hydrogen) atoms. The van der Waals surface area contributed by atoms with Crippen LogP contribution in [0.25, 0.3) is 22.3 Å². The van der Waals surface area contributed by atoms with E-state index >= 15 is 0 Å². The van der Waals surface area contributed by atoms with Gasteiger partial charge in [-0.3, -0.25) is 14.4 Å². The number of hydrogen-bond donors (Lipinski definition) is 3. The van der Waals surface area contributed by atoms with E-state index < -0.39 is 30.1 Å². The topological polar surface area (TPSA) is 139 Å². The van der Waals surface area contributed by atoms with Crippen LogP contribution in [0.3, 0.4) is 0 Å². The van der Waals surface area contributed by atoms with Gasteiger partial charge in [-0.15, -0.1) is 0 Å². The molecule has 0 aliphatic heterocycles. The highest BCUT2D eigenvalue weighted by molar-refractivity contribution is 5.97. The summed E-state index contributed by atoms with van der Waals surface area (Å²) in [4.78, 5) is 42.1. The number of benzene rings is 1. The summed E-state index contributed by atoms with van der Waals surface area (Å²) in [5.41, 5.74) is 3.06. The van der Waals surface area contributed by atoms with E-state index in [-0.39, 0.29) is 19.0 Å². The number of H-pyrrole nitrogens is 1. The van der Waals surface area contributed by atoms with Crippen molar-refractivity contribution in [2.45, 2.75) is 26.6 Å². The number of rotatable bonds is 8. The van der Waals surface area contributed by atoms with Crippen LogP contribution in [0, 0.1) is 12.7 Å². The molecule has 10 nitrogen and oxygen atoms in total. The van der Waals surface area contributed by atoms with Crippen LogP contribution < -0.4 is 5.32 Å². The Labute approximate surface area is 192 Å². The van der Waals surface area contributed by atoms with E-state index in [0.29, 0.717) is 33.5 Å². The predicted molar refractivity (Wildman–Crippen MR) is 118 cm³/mol. The van der Waals surface area contributed by atoms with Crippen molar-refractivity contribution in [3.8, 4) is 11.3 Å². The molecule has 0 aliphatic rings. The van der Waals surface area contributed by atoms with Crippen molar-refractivity contribution in [2.24, 2.45) is 0 Å². The van der Waals surface area contributed by atoms with E-state index in [1.807, 2.05) is 0 Å². The first-order valence-electron chi connectivity index (χ1n) is 10.2. The number of aromatic amines is 1. The molecule has 0 unspecified atom stereocenters. The van der Waals surface area contributed by atoms with E-state index in [2.05, 4.69) is 20.4 Å². The van der Waals surface area contributed by atoms with E-state index in [9.17, 15) is 18.8 Å². The molecule has 1 amide bonds. The minimum Gasteiger partial charge on any atom is -0.481 e. The molecule has 1 aromatic carbocycles. The molecule has 0 spiro atoms. The van der Waals surface area contributed by atoms with Gasteiger partial charge >= 0.3 is 11.9 Å². The third-order valence-electron chi connectivity index (χ3n) is 5.14. The summed E-state index contributed by atoms with van der Waals surface area (Å²) in [5.74, 6) is -2.92. The molecule has 174 valence electrons. The number of carboxylic acid groups (broad SMARTS) is 1. The molecular weight excluding hydrogens is 445 g/mol. The molecule has 0 fully saturated rings. The number of amides is 1. The number of carboxylic acids is 1. The summed E-state index contributed by atoms with van der Waals surface area (Å²) in [7, 11) is 0. The van der Waals surface area contributed by atoms with Crippen LogP contribution in [0.2, 0.25) is 0 Å². The monoisotopic (exact) mass is 465 g/mol. The number of esters is 1. The van der Waals surface area contributed by atoms with Gasteiger partial charge in [-0.25, -0.2) is 14.1 Å². The van der Waals surface area contributed by atoms with Crippen molar-refractivity contribution < 1.29 is 28.6 Å². The Hall–Kier alpha value is -4.54. The van der Waals surface area contributed by atoms with Crippen molar-refractivity contribution in [3.63, 3.8) is 0 Å². The maximum atomic E-state index is 13.8. The minimum atomic E-state index is -1.27. The van der Waals surface area contributed by atoms with Gasteiger partial charge in [0.2, 0.25) is 0 Å². The third-order valence-corrected chi connectivity index (χ3v) is 5.14. The molecule has 3 heterocycles. The van der Waals surface area contributed by atoms with Gasteiger partial charge in [-0.2, -0.15) is 5.10 Å². The largest absolute Gasteiger partial charge is 0.481 e. The Balaban J connectivity index is 1.47. The lowest BCUT2D eigenvalue weighted by molar-refractivity contribution is -0.154. The molecule has 0 aliphatic carbocycles. The van der Waals surface area contributed by atoms with Gasteiger partial charge in [0, 0.05) is 28.8 Å². The zero-order chi connectivity index (χ0) is 24.2. The van der Waals surface area contributed by atoms with Crippen LogP contribution in [0.15, 0.2) is 48.7 Å². The number of pyridine rings is 1. The van der Waals surface area contributed by atoms with Gasteiger partial charge in [0.25, 0.3) is 5.91 Å². The quantitative estimate of drug-likeness (QED) is 0.269. The van der Waals surface area contributed by atoms with E-state index in [4.69, 9.17) is 9.84 Å². The van der Waals surface area contributed by atoms with Gasteiger partial charge in [-0.05, 0) is 31.2 Å². The first-order chi connectivity index (χ1) is 16.3. The summed E-state index contributed by atoms with van der Waals surface area (Å²) in [6.07, 6.45) is 0.827. The number of hydrogen-bond acceptors (Lipinski definition) is 6. The average molecular weight is 465 g/mol. The zero-order valence-corrected chi connectivity index (χ0v) is 18.0. The maximum absolute atomic E-state index is 13.8. The summed E-state index contributed by atoms with van der Waals surface area (Å²) in [5, 5.41) is 16.2. The van der Waals surface area contributed by atoms with E-state index in [1.54, 1.807) is 49.5 Å². The number of nitrogens with one attached hydrogen (secondary N) is 2. The number of nitrogens with zero attached hydrogens (tertiary/aromatic N) is 3. The van der Waals surface area contributed by atoms with Gasteiger partial charge in [0.15, 0.2) is 6.73 Å². The van der Waals surface area contributed by atoms with Gasteiger partial charge < -0.3 is 20.1 Å². The van der Waals surface area contributed by atoms with Crippen LogP contribution in [0.5, 0.6) is 0 Å². The first-order valence-corrected chi connectivity index (χ1v) is 10.2. The highest BCUT2D eigenvalue weighted by Gasteiger charge is 2.15. The third kappa shape index (κ3) is 4.93. The maximum Gasteiger partial charge on any atom is 0.318 e. The van der Waals surface area contributed by atoms with Gasteiger partial charge in [0.05, 0.1) is 11.9 Å². The van der Waals surface area contributed by atoms with Crippen LogP contribution in [0.4, 0.5) is 4.39 Å². The Bertz CT molecular complexity index is 1390. The van der Waals surface area contributed by atoms with Gasteiger partial charge in [-0.1, -0.05) is 18.2 Å². The van der Waals surface area contributed by atoms with E-state index in [1.165, 1.54) is 10.7 Å². The molecule has 4 rings (SSSR count). The van der Waals surface area contributed by atoms with Crippen molar-refractivity contribution in [3.05, 3.63) is 71.4 Å². The first kappa shape index (κ1) is 22.6. The smallest absolute Gasteiger partial charge is 0.318 e. The normalized spacial score (nSPS) is 10.9. The Morgan fingerprint density at radius 3 is 2.76 bits per heavy atom. The number of aliphatic carboxylic acids is 1. The highest BCUT2D eigenvalue weighted by Crippen LogP contribution is 2.24. The Morgan fingerprint density at radius 2 is 2.00 bits per heavy atom. The molecule has 0 saturated carbocycles. The number of fused-ring (bicyclic) bond motifs is 1. The van der Waals surface area contributed by atoms with Crippen LogP contribution in [0.1, 0.15) is 28.2 Å². The summed E-state index contributed by atoms with van der Waals surface area (Å²) in [6, 6.07) is 11.4.